The van der Waals surface area contributed by atoms with Gasteiger partial charge in [0.1, 0.15) is 10.9 Å². The number of pyridine rings is 1. The Morgan fingerprint density at radius 3 is 2.95 bits per heavy atom. The zero-order valence-electron chi connectivity index (χ0n) is 12.1. The van der Waals surface area contributed by atoms with Crippen molar-refractivity contribution in [3.63, 3.8) is 0 Å². The summed E-state index contributed by atoms with van der Waals surface area (Å²) in [6, 6.07) is 2.12. The lowest BCUT2D eigenvalue weighted by Gasteiger charge is -2.26. The molecule has 1 aromatic heterocycles. The predicted octanol–water partition coefficient (Wildman–Crippen LogP) is 3.53. The second-order valence-corrected chi connectivity index (χ2v) is 7.51. The fraction of sp³-hybridized carbons (Fsp3) is 0.625. The minimum Gasteiger partial charge on any atom is -0.384 e. The number of hydrogen-bond acceptors (Lipinski definition) is 3. The number of hydrogen-bond donors (Lipinski definition) is 2. The van der Waals surface area contributed by atoms with Crippen molar-refractivity contribution in [2.24, 2.45) is 11.7 Å². The van der Waals surface area contributed by atoms with Gasteiger partial charge >= 0.3 is 0 Å². The van der Waals surface area contributed by atoms with Gasteiger partial charge < -0.3 is 5.73 Å². The number of nitrogens with one attached hydrogen (secondary N) is 1. The predicted molar refractivity (Wildman–Crippen MR) is 84.6 cm³/mol. The van der Waals surface area contributed by atoms with Gasteiger partial charge in [-0.25, -0.2) is 4.98 Å². The maximum absolute atomic E-state index is 7.82. The number of aromatic nitrogens is 1. The summed E-state index contributed by atoms with van der Waals surface area (Å²) in [4.78, 5) is 4.84. The monoisotopic (exact) mass is 289 g/mol. The van der Waals surface area contributed by atoms with Crippen molar-refractivity contribution in [2.75, 3.05) is 0 Å². The molecular formula is C16H23N3S. The van der Waals surface area contributed by atoms with Crippen molar-refractivity contribution in [1.82, 2.24) is 4.98 Å². The highest BCUT2D eigenvalue weighted by molar-refractivity contribution is 7.99. The Balaban J connectivity index is 1.86. The third kappa shape index (κ3) is 2.85. The summed E-state index contributed by atoms with van der Waals surface area (Å²) in [5.41, 5.74) is 9.17. The van der Waals surface area contributed by atoms with Crippen molar-refractivity contribution in [3.05, 3.63) is 22.9 Å². The zero-order valence-corrected chi connectivity index (χ0v) is 12.9. The van der Waals surface area contributed by atoms with Gasteiger partial charge in [-0.2, -0.15) is 0 Å². The van der Waals surface area contributed by atoms with Crippen molar-refractivity contribution < 1.29 is 0 Å². The van der Waals surface area contributed by atoms with E-state index < -0.39 is 0 Å². The average molecular weight is 289 g/mol. The lowest BCUT2D eigenvalue weighted by atomic mass is 9.91. The molecule has 0 aromatic carbocycles. The van der Waals surface area contributed by atoms with Crippen LogP contribution < -0.4 is 5.73 Å². The van der Waals surface area contributed by atoms with Gasteiger partial charge in [0.15, 0.2) is 0 Å². The van der Waals surface area contributed by atoms with E-state index in [9.17, 15) is 0 Å². The average Bonchev–Trinajstić information content (AvgIpc) is 2.84. The smallest absolute Gasteiger partial charge is 0.125 e. The van der Waals surface area contributed by atoms with Crippen LogP contribution in [0.3, 0.4) is 0 Å². The van der Waals surface area contributed by atoms with Gasteiger partial charge in [0, 0.05) is 16.5 Å². The molecule has 0 saturated heterocycles. The first kappa shape index (κ1) is 13.9. The number of nitrogens with two attached hydrogens (primary N) is 1. The summed E-state index contributed by atoms with van der Waals surface area (Å²) < 4.78 is 0. The maximum Gasteiger partial charge on any atom is 0.125 e. The fourth-order valence-corrected chi connectivity index (χ4v) is 4.86. The van der Waals surface area contributed by atoms with Gasteiger partial charge in [0.2, 0.25) is 0 Å². The van der Waals surface area contributed by atoms with E-state index in [-0.39, 0.29) is 5.84 Å². The first-order chi connectivity index (χ1) is 9.63. The number of amidine groups is 1. The number of nitrogens with zero attached hydrogens (tertiary/aromatic N) is 1. The van der Waals surface area contributed by atoms with E-state index in [0.717, 1.165) is 29.3 Å². The maximum atomic E-state index is 7.82. The van der Waals surface area contributed by atoms with E-state index in [1.54, 1.807) is 0 Å². The van der Waals surface area contributed by atoms with Gasteiger partial charge in [0.25, 0.3) is 0 Å². The second-order valence-electron chi connectivity index (χ2n) is 6.23. The van der Waals surface area contributed by atoms with Gasteiger partial charge in [0.05, 0.1) is 0 Å². The Hall–Kier alpha value is -1.03. The SMILES string of the molecule is CC1CCCC(Sc2nc3c(cc2C(=N)N)CCC3)C1. The number of thioether (sulfide) groups is 1. The van der Waals surface area contributed by atoms with Crippen LogP contribution in [0.15, 0.2) is 11.1 Å². The molecule has 3 N–H and O–H groups in total. The molecular weight excluding hydrogens is 266 g/mol. The van der Waals surface area contributed by atoms with Crippen LogP contribution in [-0.2, 0) is 12.8 Å². The van der Waals surface area contributed by atoms with Gasteiger partial charge in [-0.3, -0.25) is 5.41 Å². The molecule has 108 valence electrons. The summed E-state index contributed by atoms with van der Waals surface area (Å²) in [5, 5.41) is 9.46. The minimum absolute atomic E-state index is 0.165. The van der Waals surface area contributed by atoms with E-state index in [2.05, 4.69) is 13.0 Å². The quantitative estimate of drug-likeness (QED) is 0.661. The van der Waals surface area contributed by atoms with Crippen LogP contribution in [-0.4, -0.2) is 16.1 Å². The molecule has 1 fully saturated rings. The van der Waals surface area contributed by atoms with Crippen molar-refractivity contribution in [1.29, 1.82) is 5.41 Å². The van der Waals surface area contributed by atoms with Crippen LogP contribution in [0.1, 0.15) is 55.8 Å². The van der Waals surface area contributed by atoms with Crippen LogP contribution in [0, 0.1) is 11.3 Å². The Kier molecular flexibility index (Phi) is 4.01. The molecule has 0 spiro atoms. The fourth-order valence-electron chi connectivity index (χ4n) is 3.38. The van der Waals surface area contributed by atoms with Gasteiger partial charge in [-0.05, 0) is 49.7 Å². The molecule has 2 aliphatic carbocycles. The Labute approximate surface area is 125 Å². The minimum atomic E-state index is 0.165. The van der Waals surface area contributed by atoms with Crippen LogP contribution >= 0.6 is 11.8 Å². The molecule has 0 radical (unpaired) electrons. The van der Waals surface area contributed by atoms with Crippen molar-refractivity contribution in [2.45, 2.75) is 62.1 Å². The summed E-state index contributed by atoms with van der Waals surface area (Å²) >= 11 is 1.86. The molecule has 2 atom stereocenters. The molecule has 20 heavy (non-hydrogen) atoms. The summed E-state index contributed by atoms with van der Waals surface area (Å²) in [7, 11) is 0. The Bertz CT molecular complexity index is 527. The first-order valence-corrected chi connectivity index (χ1v) is 8.55. The molecule has 1 aromatic rings. The normalized spacial score (nSPS) is 25.4. The third-order valence-electron chi connectivity index (χ3n) is 4.47. The summed E-state index contributed by atoms with van der Waals surface area (Å²) in [5.74, 6) is 0.981. The molecule has 3 nitrogen and oxygen atoms in total. The zero-order chi connectivity index (χ0) is 14.1. The van der Waals surface area contributed by atoms with Gasteiger partial charge in [-0.1, -0.05) is 19.8 Å². The molecule has 1 saturated carbocycles. The standard InChI is InChI=1S/C16H23N3S/c1-10-4-2-6-12(8-10)20-16-13(15(17)18)9-11-5-3-7-14(11)19-16/h9-10,12H,2-8H2,1H3,(H3,17,18). The number of nitrogen functional groups attached to an aromatic ring is 1. The molecule has 0 aliphatic heterocycles. The summed E-state index contributed by atoms with van der Waals surface area (Å²) in [6.45, 7) is 2.34. The van der Waals surface area contributed by atoms with Crippen LogP contribution in [0.2, 0.25) is 0 Å². The summed E-state index contributed by atoms with van der Waals surface area (Å²) in [6.07, 6.45) is 8.57. The number of fused-ring (bicyclic) bond motifs is 1. The number of rotatable bonds is 3. The van der Waals surface area contributed by atoms with E-state index >= 15 is 0 Å². The molecule has 2 aliphatic rings. The molecule has 1 heterocycles. The topological polar surface area (TPSA) is 62.8 Å². The molecule has 2 unspecified atom stereocenters. The molecule has 0 bridgehead atoms. The highest BCUT2D eigenvalue weighted by Gasteiger charge is 2.24. The third-order valence-corrected chi connectivity index (χ3v) is 5.77. The molecule has 3 rings (SSSR count). The first-order valence-electron chi connectivity index (χ1n) is 7.67. The van der Waals surface area contributed by atoms with Crippen LogP contribution in [0.25, 0.3) is 0 Å². The van der Waals surface area contributed by atoms with E-state index in [4.69, 9.17) is 16.1 Å². The van der Waals surface area contributed by atoms with E-state index in [0.29, 0.717) is 5.25 Å². The highest BCUT2D eigenvalue weighted by atomic mass is 32.2. The lowest BCUT2D eigenvalue weighted by molar-refractivity contribution is 0.394. The Morgan fingerprint density at radius 1 is 1.35 bits per heavy atom. The molecule has 4 heteroatoms. The highest BCUT2D eigenvalue weighted by Crippen LogP contribution is 2.37. The van der Waals surface area contributed by atoms with Crippen molar-refractivity contribution >= 4 is 17.6 Å². The van der Waals surface area contributed by atoms with Crippen LogP contribution in [0.5, 0.6) is 0 Å². The lowest BCUT2D eigenvalue weighted by Crippen LogP contribution is -2.18. The number of aryl methyl sites for hydroxylation is 2. The largest absolute Gasteiger partial charge is 0.384 e. The molecule has 0 amide bonds. The van der Waals surface area contributed by atoms with E-state index in [1.807, 2.05) is 11.8 Å². The van der Waals surface area contributed by atoms with Crippen LogP contribution in [0.4, 0.5) is 0 Å². The second kappa shape index (κ2) is 5.76. The Morgan fingerprint density at radius 2 is 2.20 bits per heavy atom. The van der Waals surface area contributed by atoms with Gasteiger partial charge in [-0.15, -0.1) is 11.8 Å². The van der Waals surface area contributed by atoms with E-state index in [1.165, 1.54) is 43.4 Å². The van der Waals surface area contributed by atoms with Crippen molar-refractivity contribution in [3.8, 4) is 0 Å².